The highest BCUT2D eigenvalue weighted by Crippen LogP contribution is 2.23. The molecule has 0 rings (SSSR count). The Bertz CT molecular complexity index is 317. The van der Waals surface area contributed by atoms with Gasteiger partial charge >= 0.3 is 0 Å². The van der Waals surface area contributed by atoms with E-state index in [-0.39, 0.29) is 17.0 Å². The minimum Gasteiger partial charge on any atom is -0.212 e. The molecule has 0 saturated heterocycles. The molecule has 0 saturated carbocycles. The molecule has 0 aliphatic rings. The Labute approximate surface area is 105 Å². The number of halogens is 1. The summed E-state index contributed by atoms with van der Waals surface area (Å²) < 4.78 is 25.5. The van der Waals surface area contributed by atoms with Gasteiger partial charge in [0, 0.05) is 18.5 Å². The van der Waals surface area contributed by atoms with Gasteiger partial charge < -0.3 is 0 Å². The fraction of sp³-hybridized carbons (Fsp3) is 1.00. The standard InChI is InChI=1S/C11H24ClNO2S/c1-10(2,3)7-8-16(14,15)13(6)11(4,5)9-12/h7-9H2,1-6H3. The number of sulfonamides is 1. The number of nitrogens with zero attached hydrogens (tertiary/aromatic N) is 1. The van der Waals surface area contributed by atoms with Crippen LogP contribution in [-0.2, 0) is 10.0 Å². The van der Waals surface area contributed by atoms with E-state index in [1.165, 1.54) is 4.31 Å². The second-order valence-electron chi connectivity index (χ2n) is 6.04. The first kappa shape index (κ1) is 16.2. The van der Waals surface area contributed by atoms with Crippen LogP contribution in [0.3, 0.4) is 0 Å². The van der Waals surface area contributed by atoms with Crippen molar-refractivity contribution in [2.24, 2.45) is 5.41 Å². The van der Waals surface area contributed by atoms with E-state index in [0.717, 1.165) is 0 Å². The zero-order valence-electron chi connectivity index (χ0n) is 11.2. The quantitative estimate of drug-likeness (QED) is 0.720. The monoisotopic (exact) mass is 269 g/mol. The van der Waals surface area contributed by atoms with Crippen LogP contribution in [0.5, 0.6) is 0 Å². The number of alkyl halides is 1. The largest absolute Gasteiger partial charge is 0.214 e. The van der Waals surface area contributed by atoms with Crippen LogP contribution in [0.2, 0.25) is 0 Å². The summed E-state index contributed by atoms with van der Waals surface area (Å²) >= 11 is 5.78. The highest BCUT2D eigenvalue weighted by atomic mass is 35.5. The van der Waals surface area contributed by atoms with Crippen molar-refractivity contribution in [3.8, 4) is 0 Å². The van der Waals surface area contributed by atoms with Crippen LogP contribution in [0.15, 0.2) is 0 Å². The van der Waals surface area contributed by atoms with Gasteiger partial charge in [0.05, 0.1) is 5.75 Å². The molecule has 0 spiro atoms. The molecule has 0 atom stereocenters. The molecule has 0 aliphatic carbocycles. The molecule has 16 heavy (non-hydrogen) atoms. The average Bonchev–Trinajstić information content (AvgIpc) is 2.13. The van der Waals surface area contributed by atoms with Gasteiger partial charge in [0.1, 0.15) is 0 Å². The lowest BCUT2D eigenvalue weighted by Crippen LogP contribution is -2.47. The normalized spacial score (nSPS) is 14.5. The summed E-state index contributed by atoms with van der Waals surface area (Å²) in [5.74, 6) is 0.464. The topological polar surface area (TPSA) is 37.4 Å². The molecular weight excluding hydrogens is 246 g/mol. The summed E-state index contributed by atoms with van der Waals surface area (Å²) in [5, 5.41) is 0. The van der Waals surface area contributed by atoms with Crippen molar-refractivity contribution in [2.75, 3.05) is 18.7 Å². The molecule has 0 aromatic rings. The third-order valence-electron chi connectivity index (χ3n) is 2.71. The highest BCUT2D eigenvalue weighted by molar-refractivity contribution is 7.89. The Kier molecular flexibility index (Phi) is 5.30. The van der Waals surface area contributed by atoms with E-state index in [0.29, 0.717) is 6.42 Å². The van der Waals surface area contributed by atoms with Crippen molar-refractivity contribution in [1.29, 1.82) is 0 Å². The van der Waals surface area contributed by atoms with E-state index in [4.69, 9.17) is 11.6 Å². The van der Waals surface area contributed by atoms with Crippen LogP contribution in [-0.4, -0.2) is 36.9 Å². The van der Waals surface area contributed by atoms with Gasteiger partial charge in [-0.25, -0.2) is 8.42 Å². The molecule has 3 nitrogen and oxygen atoms in total. The van der Waals surface area contributed by atoms with Gasteiger partial charge in [0.2, 0.25) is 10.0 Å². The summed E-state index contributed by atoms with van der Waals surface area (Å²) in [5.41, 5.74) is -0.503. The maximum atomic E-state index is 12.1. The summed E-state index contributed by atoms with van der Waals surface area (Å²) in [4.78, 5) is 0. The van der Waals surface area contributed by atoms with Crippen LogP contribution in [0.4, 0.5) is 0 Å². The van der Waals surface area contributed by atoms with E-state index < -0.39 is 15.6 Å². The van der Waals surface area contributed by atoms with E-state index in [1.54, 1.807) is 7.05 Å². The average molecular weight is 270 g/mol. The van der Waals surface area contributed by atoms with Crippen LogP contribution >= 0.6 is 11.6 Å². The predicted molar refractivity (Wildman–Crippen MR) is 70.4 cm³/mol. The molecule has 0 unspecified atom stereocenters. The summed E-state index contributed by atoms with van der Waals surface area (Å²) in [6.07, 6.45) is 0.651. The van der Waals surface area contributed by atoms with Gasteiger partial charge in [-0.1, -0.05) is 20.8 Å². The molecule has 0 aromatic heterocycles. The lowest BCUT2D eigenvalue weighted by Gasteiger charge is -2.33. The Morgan fingerprint density at radius 1 is 1.12 bits per heavy atom. The molecule has 5 heteroatoms. The first-order chi connectivity index (χ1) is 6.92. The molecule has 0 heterocycles. The lowest BCUT2D eigenvalue weighted by molar-refractivity contribution is 0.292. The summed E-state index contributed by atoms with van der Waals surface area (Å²) in [6.45, 7) is 9.77. The van der Waals surface area contributed by atoms with Crippen LogP contribution in [0.25, 0.3) is 0 Å². The van der Waals surface area contributed by atoms with Crippen LogP contribution in [0.1, 0.15) is 41.0 Å². The minimum atomic E-state index is -3.21. The Morgan fingerprint density at radius 2 is 1.56 bits per heavy atom. The second kappa shape index (κ2) is 5.23. The molecular formula is C11H24ClNO2S. The maximum Gasteiger partial charge on any atom is 0.214 e. The fourth-order valence-electron chi connectivity index (χ4n) is 1.03. The molecule has 0 aliphatic heterocycles. The molecule has 0 bridgehead atoms. The fourth-order valence-corrected chi connectivity index (χ4v) is 3.24. The van der Waals surface area contributed by atoms with E-state index in [2.05, 4.69) is 0 Å². The van der Waals surface area contributed by atoms with Gasteiger partial charge in [0.25, 0.3) is 0 Å². The molecule has 98 valence electrons. The molecule has 0 aromatic carbocycles. The van der Waals surface area contributed by atoms with Crippen molar-refractivity contribution in [1.82, 2.24) is 4.31 Å². The van der Waals surface area contributed by atoms with Gasteiger partial charge in [-0.2, -0.15) is 4.31 Å². The lowest BCUT2D eigenvalue weighted by atomic mass is 9.94. The first-order valence-electron chi connectivity index (χ1n) is 5.45. The second-order valence-corrected chi connectivity index (χ2v) is 8.43. The van der Waals surface area contributed by atoms with Crippen molar-refractivity contribution in [2.45, 2.75) is 46.6 Å². The molecule has 0 fully saturated rings. The van der Waals surface area contributed by atoms with Crippen molar-refractivity contribution < 1.29 is 8.42 Å². The summed E-state index contributed by atoms with van der Waals surface area (Å²) in [7, 11) is -1.62. The van der Waals surface area contributed by atoms with Crippen LogP contribution < -0.4 is 0 Å². The predicted octanol–water partition coefficient (Wildman–Crippen LogP) is 2.70. The number of hydrogen-bond donors (Lipinski definition) is 0. The van der Waals surface area contributed by atoms with Gasteiger partial charge in [-0.3, -0.25) is 0 Å². The number of hydrogen-bond acceptors (Lipinski definition) is 2. The van der Waals surface area contributed by atoms with E-state index >= 15 is 0 Å². The van der Waals surface area contributed by atoms with Crippen LogP contribution in [0, 0.1) is 5.41 Å². The van der Waals surface area contributed by atoms with Crippen molar-refractivity contribution >= 4 is 21.6 Å². The Hall–Kier alpha value is 0.200. The highest BCUT2D eigenvalue weighted by Gasteiger charge is 2.32. The summed E-state index contributed by atoms with van der Waals surface area (Å²) in [6, 6.07) is 0. The molecule has 0 N–H and O–H groups in total. The first-order valence-corrected chi connectivity index (χ1v) is 7.59. The zero-order valence-corrected chi connectivity index (χ0v) is 12.7. The smallest absolute Gasteiger partial charge is 0.212 e. The van der Waals surface area contributed by atoms with E-state index in [9.17, 15) is 8.42 Å². The van der Waals surface area contributed by atoms with Gasteiger partial charge in [-0.15, -0.1) is 11.6 Å². The molecule has 0 amide bonds. The maximum absolute atomic E-state index is 12.1. The third kappa shape index (κ3) is 5.02. The third-order valence-corrected chi connectivity index (χ3v) is 5.41. The molecule has 0 radical (unpaired) electrons. The minimum absolute atomic E-state index is 0.0268. The van der Waals surface area contributed by atoms with E-state index in [1.807, 2.05) is 34.6 Å². The Balaban J connectivity index is 4.69. The number of rotatable bonds is 5. The Morgan fingerprint density at radius 3 is 1.88 bits per heavy atom. The SMILES string of the molecule is CN(C(C)(C)CCl)S(=O)(=O)CCC(C)(C)C. The van der Waals surface area contributed by atoms with Gasteiger partial charge in [-0.05, 0) is 25.7 Å². The van der Waals surface area contributed by atoms with Crippen molar-refractivity contribution in [3.63, 3.8) is 0 Å². The van der Waals surface area contributed by atoms with Gasteiger partial charge in [0.15, 0.2) is 0 Å². The van der Waals surface area contributed by atoms with Crippen molar-refractivity contribution in [3.05, 3.63) is 0 Å². The zero-order chi connectivity index (χ0) is 13.2.